The molecule has 1 amide bonds. The summed E-state index contributed by atoms with van der Waals surface area (Å²) in [7, 11) is 0. The summed E-state index contributed by atoms with van der Waals surface area (Å²) >= 11 is 6.06. The number of piperidine rings is 1. The van der Waals surface area contributed by atoms with Gasteiger partial charge in [-0.25, -0.2) is 8.78 Å². The van der Waals surface area contributed by atoms with Crippen molar-refractivity contribution in [2.75, 3.05) is 13.1 Å². The van der Waals surface area contributed by atoms with Crippen molar-refractivity contribution in [2.24, 2.45) is 5.73 Å². The number of nitrogens with zero attached hydrogens (tertiary/aromatic N) is 1. The number of amides is 1. The summed E-state index contributed by atoms with van der Waals surface area (Å²) in [5.41, 5.74) is 8.06. The molecule has 1 saturated heterocycles. The van der Waals surface area contributed by atoms with Crippen LogP contribution in [0.15, 0.2) is 30.3 Å². The maximum Gasteiger partial charge on any atom is 0.251 e. The third kappa shape index (κ3) is 4.99. The van der Waals surface area contributed by atoms with Crippen molar-refractivity contribution in [3.8, 4) is 0 Å². The monoisotopic (exact) mass is 434 g/mol. The van der Waals surface area contributed by atoms with Crippen LogP contribution in [0.25, 0.3) is 0 Å². The second-order valence-corrected chi connectivity index (χ2v) is 8.60. The summed E-state index contributed by atoms with van der Waals surface area (Å²) in [4.78, 5) is 13.8. The minimum absolute atomic E-state index is 0.0211. The normalized spacial score (nSPS) is 18.0. The highest BCUT2D eigenvalue weighted by molar-refractivity contribution is 6.31. The molecule has 30 heavy (non-hydrogen) atoms. The van der Waals surface area contributed by atoms with Gasteiger partial charge in [0.15, 0.2) is 0 Å². The van der Waals surface area contributed by atoms with Crippen molar-refractivity contribution < 1.29 is 18.3 Å². The van der Waals surface area contributed by atoms with Gasteiger partial charge in [0.25, 0.3) is 5.91 Å². The van der Waals surface area contributed by atoms with Gasteiger partial charge in [0.05, 0.1) is 18.3 Å². The van der Waals surface area contributed by atoms with Crippen LogP contribution in [-0.2, 0) is 17.9 Å². The van der Waals surface area contributed by atoms with Crippen molar-refractivity contribution in [3.05, 3.63) is 69.2 Å². The summed E-state index contributed by atoms with van der Waals surface area (Å²) in [6.45, 7) is 2.68. The third-order valence-corrected chi connectivity index (χ3v) is 6.28. The van der Waals surface area contributed by atoms with Crippen LogP contribution in [0, 0.1) is 11.6 Å². The molecule has 0 atom stereocenters. The van der Waals surface area contributed by atoms with Gasteiger partial charge in [-0.2, -0.15) is 0 Å². The molecule has 4 rings (SSSR count). The fourth-order valence-electron chi connectivity index (χ4n) is 4.05. The van der Waals surface area contributed by atoms with Gasteiger partial charge in [0.1, 0.15) is 11.6 Å². The molecule has 0 unspecified atom stereocenters. The largest absolute Gasteiger partial charge is 0.373 e. The molecule has 2 N–H and O–H groups in total. The van der Waals surface area contributed by atoms with Crippen molar-refractivity contribution >= 4 is 17.5 Å². The molecule has 1 aliphatic carbocycles. The SMILES string of the molecule is NC(=O)c1cc(C2CC2)c(CN2CCC(OCc3ccc(F)cc3Cl)CC2)cc1F. The van der Waals surface area contributed by atoms with Crippen molar-refractivity contribution in [3.63, 3.8) is 0 Å². The highest BCUT2D eigenvalue weighted by Gasteiger charge is 2.29. The maximum absolute atomic E-state index is 14.3. The second-order valence-electron chi connectivity index (χ2n) is 8.19. The predicted octanol–water partition coefficient (Wildman–Crippen LogP) is 4.78. The lowest BCUT2D eigenvalue weighted by molar-refractivity contribution is -0.00398. The van der Waals surface area contributed by atoms with Crippen LogP contribution >= 0.6 is 11.6 Å². The minimum Gasteiger partial charge on any atom is -0.373 e. The number of likely N-dealkylation sites (tertiary alicyclic amines) is 1. The van der Waals surface area contributed by atoms with Crippen molar-refractivity contribution in [1.82, 2.24) is 4.90 Å². The number of halogens is 3. The van der Waals surface area contributed by atoms with Crippen molar-refractivity contribution in [1.29, 1.82) is 0 Å². The standard InChI is InChI=1S/C23H25ClF2N2O2/c24-21-10-17(25)4-3-15(21)13-30-18-5-7-28(8-6-18)12-16-9-22(26)20(23(27)29)11-19(16)14-1-2-14/h3-4,9-11,14,18H,1-2,5-8,12-13H2,(H2,27,29). The fourth-order valence-corrected chi connectivity index (χ4v) is 4.27. The summed E-state index contributed by atoms with van der Waals surface area (Å²) in [6.07, 6.45) is 3.97. The first-order valence-corrected chi connectivity index (χ1v) is 10.7. The molecule has 0 spiro atoms. The van der Waals surface area contributed by atoms with E-state index in [0.717, 1.165) is 55.5 Å². The van der Waals surface area contributed by atoms with Gasteiger partial charge < -0.3 is 10.5 Å². The molecule has 160 valence electrons. The number of rotatable bonds is 7. The summed E-state index contributed by atoms with van der Waals surface area (Å²) in [5.74, 6) is -1.22. The smallest absolute Gasteiger partial charge is 0.251 e. The maximum atomic E-state index is 14.3. The molecular formula is C23H25ClF2N2O2. The summed E-state index contributed by atoms with van der Waals surface area (Å²) < 4.78 is 33.5. The lowest BCUT2D eigenvalue weighted by Crippen LogP contribution is -2.36. The molecule has 2 aromatic rings. The Morgan fingerprint density at radius 3 is 2.47 bits per heavy atom. The summed E-state index contributed by atoms with van der Waals surface area (Å²) in [5, 5.41) is 0.376. The molecule has 0 radical (unpaired) electrons. The van der Waals surface area contributed by atoms with Crippen LogP contribution in [0.3, 0.4) is 0 Å². The Kier molecular flexibility index (Phi) is 6.37. The van der Waals surface area contributed by atoms with E-state index >= 15 is 0 Å². The lowest BCUT2D eigenvalue weighted by Gasteiger charge is -2.32. The number of hydrogen-bond donors (Lipinski definition) is 1. The van der Waals surface area contributed by atoms with E-state index in [4.69, 9.17) is 22.1 Å². The molecule has 1 heterocycles. The minimum atomic E-state index is -0.722. The van der Waals surface area contributed by atoms with Gasteiger partial charge in [-0.1, -0.05) is 17.7 Å². The number of carbonyl (C=O) groups is 1. The molecular weight excluding hydrogens is 410 g/mol. The van der Waals surface area contributed by atoms with Crippen LogP contribution in [0.2, 0.25) is 5.02 Å². The molecule has 2 fully saturated rings. The van der Waals surface area contributed by atoms with Crippen LogP contribution in [0.1, 0.15) is 58.6 Å². The van der Waals surface area contributed by atoms with Crippen molar-refractivity contribution in [2.45, 2.75) is 50.9 Å². The van der Waals surface area contributed by atoms with Gasteiger partial charge >= 0.3 is 0 Å². The number of carbonyl (C=O) groups excluding carboxylic acids is 1. The molecule has 2 aliphatic rings. The first-order valence-electron chi connectivity index (χ1n) is 10.3. The average Bonchev–Trinajstić information content (AvgIpc) is 3.53. The van der Waals surface area contributed by atoms with Gasteiger partial charge in [-0.15, -0.1) is 0 Å². The Balaban J connectivity index is 1.34. The van der Waals surface area contributed by atoms with Crippen LogP contribution < -0.4 is 5.73 Å². The molecule has 7 heteroatoms. The quantitative estimate of drug-likeness (QED) is 0.682. The van der Waals surface area contributed by atoms with E-state index in [2.05, 4.69) is 4.90 Å². The molecule has 4 nitrogen and oxygen atoms in total. The zero-order valence-corrected chi connectivity index (χ0v) is 17.4. The van der Waals surface area contributed by atoms with E-state index in [1.165, 1.54) is 18.2 Å². The zero-order valence-electron chi connectivity index (χ0n) is 16.7. The van der Waals surface area contributed by atoms with Crippen LogP contribution in [0.5, 0.6) is 0 Å². The fraction of sp³-hybridized carbons (Fsp3) is 0.435. The first-order chi connectivity index (χ1) is 14.4. The highest BCUT2D eigenvalue weighted by atomic mass is 35.5. The van der Waals surface area contributed by atoms with Gasteiger partial charge in [0, 0.05) is 24.7 Å². The Morgan fingerprint density at radius 2 is 1.83 bits per heavy atom. The van der Waals surface area contributed by atoms with E-state index in [-0.39, 0.29) is 17.5 Å². The average molecular weight is 435 g/mol. The Bertz CT molecular complexity index is 941. The Labute approximate surface area is 180 Å². The number of ether oxygens (including phenoxy) is 1. The van der Waals surface area contributed by atoms with Gasteiger partial charge in [0.2, 0.25) is 0 Å². The first kappa shape index (κ1) is 21.2. The summed E-state index contributed by atoms with van der Waals surface area (Å²) in [6, 6.07) is 7.45. The number of nitrogens with two attached hydrogens (primary N) is 1. The van der Waals surface area contributed by atoms with Crippen LogP contribution in [0.4, 0.5) is 8.78 Å². The van der Waals surface area contributed by atoms with E-state index in [1.54, 1.807) is 12.1 Å². The molecule has 0 bridgehead atoms. The van der Waals surface area contributed by atoms with E-state index in [9.17, 15) is 13.6 Å². The lowest BCUT2D eigenvalue weighted by atomic mass is 9.97. The third-order valence-electron chi connectivity index (χ3n) is 5.93. The highest BCUT2D eigenvalue weighted by Crippen LogP contribution is 2.42. The van der Waals surface area contributed by atoms with Crippen LogP contribution in [-0.4, -0.2) is 30.0 Å². The number of benzene rings is 2. The molecule has 1 saturated carbocycles. The molecule has 0 aromatic heterocycles. The van der Waals surface area contributed by atoms with E-state index < -0.39 is 11.7 Å². The number of primary amides is 1. The molecule has 2 aromatic carbocycles. The second kappa shape index (κ2) is 9.00. The van der Waals surface area contributed by atoms with Gasteiger partial charge in [-0.3, -0.25) is 9.69 Å². The predicted molar refractivity (Wildman–Crippen MR) is 111 cm³/mol. The Morgan fingerprint density at radius 1 is 1.10 bits per heavy atom. The molecule has 1 aliphatic heterocycles. The zero-order chi connectivity index (χ0) is 21.3. The number of hydrogen-bond acceptors (Lipinski definition) is 3. The van der Waals surface area contributed by atoms with Gasteiger partial charge in [-0.05, 0) is 72.6 Å². The van der Waals surface area contributed by atoms with E-state index in [0.29, 0.717) is 24.1 Å². The Hall–Kier alpha value is -2.02. The topological polar surface area (TPSA) is 55.6 Å². The van der Waals surface area contributed by atoms with E-state index in [1.807, 2.05) is 0 Å².